The molecular weight excluding hydrogens is 340 g/mol. The number of halogens is 1. The molecule has 0 aliphatic heterocycles. The molecule has 2 aromatic rings. The molecule has 5 nitrogen and oxygen atoms in total. The first-order valence-corrected chi connectivity index (χ1v) is 8.56. The first-order chi connectivity index (χ1) is 12.1. The smallest absolute Gasteiger partial charge is 0.243 e. The molecule has 0 bridgehead atoms. The number of benzene rings is 2. The quantitative estimate of drug-likeness (QED) is 0.659. The number of nitrogens with one attached hydrogen (secondary N) is 2. The number of aryl methyl sites for hydroxylation is 1. The van der Waals surface area contributed by atoms with Gasteiger partial charge in [-0.15, -0.1) is 0 Å². The van der Waals surface area contributed by atoms with E-state index in [-0.39, 0.29) is 12.5 Å². The highest BCUT2D eigenvalue weighted by molar-refractivity contribution is 6.31. The van der Waals surface area contributed by atoms with Crippen LogP contribution in [0.25, 0.3) is 0 Å². The lowest BCUT2D eigenvalue weighted by Crippen LogP contribution is -2.22. The molecule has 134 valence electrons. The van der Waals surface area contributed by atoms with Crippen molar-refractivity contribution in [3.05, 3.63) is 53.1 Å². The zero-order valence-electron chi connectivity index (χ0n) is 14.5. The van der Waals surface area contributed by atoms with E-state index in [0.717, 1.165) is 17.0 Å². The summed E-state index contributed by atoms with van der Waals surface area (Å²) in [4.78, 5) is 12.1. The number of amides is 1. The summed E-state index contributed by atoms with van der Waals surface area (Å²) in [6.07, 6.45) is 0. The molecule has 0 saturated heterocycles. The van der Waals surface area contributed by atoms with Gasteiger partial charge in [0.05, 0.1) is 13.2 Å². The van der Waals surface area contributed by atoms with Crippen LogP contribution in [0.1, 0.15) is 12.5 Å². The summed E-state index contributed by atoms with van der Waals surface area (Å²) in [5.41, 5.74) is 2.49. The highest BCUT2D eigenvalue weighted by Crippen LogP contribution is 2.20. The number of hydrogen-bond donors (Lipinski definition) is 2. The molecular formula is C19H23ClN2O3. The van der Waals surface area contributed by atoms with Gasteiger partial charge in [-0.25, -0.2) is 0 Å². The Kier molecular flexibility index (Phi) is 7.57. The van der Waals surface area contributed by atoms with Gasteiger partial charge < -0.3 is 20.1 Å². The van der Waals surface area contributed by atoms with E-state index < -0.39 is 0 Å². The Morgan fingerprint density at radius 2 is 2.00 bits per heavy atom. The second-order valence-electron chi connectivity index (χ2n) is 5.43. The van der Waals surface area contributed by atoms with E-state index in [1.54, 1.807) is 12.1 Å². The normalized spacial score (nSPS) is 10.4. The van der Waals surface area contributed by atoms with Gasteiger partial charge in [0.25, 0.3) is 0 Å². The van der Waals surface area contributed by atoms with Crippen LogP contribution in [0.15, 0.2) is 42.5 Å². The molecule has 0 heterocycles. The monoisotopic (exact) mass is 362 g/mol. The zero-order valence-corrected chi connectivity index (χ0v) is 15.2. The van der Waals surface area contributed by atoms with Gasteiger partial charge in [0.15, 0.2) is 0 Å². The summed E-state index contributed by atoms with van der Waals surface area (Å²) in [5, 5.41) is 6.52. The van der Waals surface area contributed by atoms with E-state index in [1.165, 1.54) is 0 Å². The Morgan fingerprint density at radius 3 is 2.80 bits per heavy atom. The van der Waals surface area contributed by atoms with Crippen molar-refractivity contribution >= 4 is 28.9 Å². The van der Waals surface area contributed by atoms with Crippen LogP contribution in [0.4, 0.5) is 11.4 Å². The van der Waals surface area contributed by atoms with Crippen LogP contribution in [0.5, 0.6) is 5.75 Å². The fourth-order valence-corrected chi connectivity index (χ4v) is 2.34. The van der Waals surface area contributed by atoms with E-state index in [4.69, 9.17) is 21.1 Å². The summed E-state index contributed by atoms with van der Waals surface area (Å²) >= 11 is 5.96. The third kappa shape index (κ3) is 6.64. The van der Waals surface area contributed by atoms with Crippen LogP contribution < -0.4 is 15.4 Å². The Morgan fingerprint density at radius 1 is 1.16 bits per heavy atom. The van der Waals surface area contributed by atoms with Crippen LogP contribution in [-0.2, 0) is 9.53 Å². The molecule has 0 spiro atoms. The van der Waals surface area contributed by atoms with Gasteiger partial charge in [0.1, 0.15) is 12.4 Å². The largest absolute Gasteiger partial charge is 0.491 e. The fourth-order valence-electron chi connectivity index (χ4n) is 2.16. The Hall–Kier alpha value is -2.24. The Labute approximate surface area is 153 Å². The van der Waals surface area contributed by atoms with Gasteiger partial charge in [-0.2, -0.15) is 0 Å². The van der Waals surface area contributed by atoms with Crippen molar-refractivity contribution in [2.75, 3.05) is 37.0 Å². The number of ether oxygens (including phenoxy) is 2. The van der Waals surface area contributed by atoms with Crippen LogP contribution >= 0.6 is 11.6 Å². The maximum atomic E-state index is 12.1. The molecule has 25 heavy (non-hydrogen) atoms. The van der Waals surface area contributed by atoms with Gasteiger partial charge >= 0.3 is 0 Å². The number of hydrogen-bond acceptors (Lipinski definition) is 4. The van der Waals surface area contributed by atoms with E-state index in [0.29, 0.717) is 30.5 Å². The van der Waals surface area contributed by atoms with Crippen molar-refractivity contribution in [1.29, 1.82) is 0 Å². The SMILES string of the molecule is CCOCCOc1cccc(NCC(=O)Nc2cc(Cl)ccc2C)c1. The third-order valence-electron chi connectivity index (χ3n) is 3.46. The fraction of sp³-hybridized carbons (Fsp3) is 0.316. The highest BCUT2D eigenvalue weighted by atomic mass is 35.5. The van der Waals surface area contributed by atoms with Crippen molar-refractivity contribution in [2.45, 2.75) is 13.8 Å². The van der Waals surface area contributed by atoms with E-state index in [2.05, 4.69) is 10.6 Å². The minimum Gasteiger partial charge on any atom is -0.491 e. The molecule has 0 saturated carbocycles. The predicted molar refractivity (Wildman–Crippen MR) is 102 cm³/mol. The molecule has 6 heteroatoms. The Balaban J connectivity index is 1.84. The van der Waals surface area contributed by atoms with Crippen molar-refractivity contribution in [1.82, 2.24) is 0 Å². The molecule has 2 aromatic carbocycles. The van der Waals surface area contributed by atoms with E-state index in [1.807, 2.05) is 44.2 Å². The van der Waals surface area contributed by atoms with Crippen LogP contribution in [0, 0.1) is 6.92 Å². The van der Waals surface area contributed by atoms with E-state index >= 15 is 0 Å². The standard InChI is InChI=1S/C19H23ClN2O3/c1-3-24-9-10-25-17-6-4-5-16(12-17)21-13-19(23)22-18-11-15(20)8-7-14(18)2/h4-8,11-12,21H,3,9-10,13H2,1-2H3,(H,22,23). The van der Waals surface area contributed by atoms with Gasteiger partial charge in [0.2, 0.25) is 5.91 Å². The van der Waals surface area contributed by atoms with Crippen molar-refractivity contribution in [2.24, 2.45) is 0 Å². The first kappa shape index (κ1) is 19.1. The van der Waals surface area contributed by atoms with E-state index in [9.17, 15) is 4.79 Å². The summed E-state index contributed by atoms with van der Waals surface area (Å²) in [6.45, 7) is 5.73. The molecule has 0 fully saturated rings. The van der Waals surface area contributed by atoms with Gasteiger partial charge in [-0.3, -0.25) is 4.79 Å². The highest BCUT2D eigenvalue weighted by Gasteiger charge is 2.06. The minimum atomic E-state index is -0.145. The second kappa shape index (κ2) is 9.91. The topological polar surface area (TPSA) is 59.6 Å². The Bertz CT molecular complexity index is 707. The zero-order chi connectivity index (χ0) is 18.1. The second-order valence-corrected chi connectivity index (χ2v) is 5.87. The maximum Gasteiger partial charge on any atom is 0.243 e. The number of carbonyl (C=O) groups is 1. The summed E-state index contributed by atoms with van der Waals surface area (Å²) < 4.78 is 10.8. The number of carbonyl (C=O) groups excluding carboxylic acids is 1. The van der Waals surface area contributed by atoms with Gasteiger partial charge in [0, 0.05) is 29.1 Å². The molecule has 0 aliphatic carbocycles. The van der Waals surface area contributed by atoms with Crippen molar-refractivity contribution in [3.8, 4) is 5.75 Å². The minimum absolute atomic E-state index is 0.145. The molecule has 1 amide bonds. The summed E-state index contributed by atoms with van der Waals surface area (Å²) in [6, 6.07) is 12.9. The number of rotatable bonds is 9. The average Bonchev–Trinajstić information content (AvgIpc) is 2.60. The lowest BCUT2D eigenvalue weighted by atomic mass is 10.2. The predicted octanol–water partition coefficient (Wildman–Crippen LogP) is 4.11. The van der Waals surface area contributed by atoms with Crippen molar-refractivity contribution < 1.29 is 14.3 Å². The third-order valence-corrected chi connectivity index (χ3v) is 3.70. The van der Waals surface area contributed by atoms with Gasteiger partial charge in [-0.05, 0) is 43.7 Å². The average molecular weight is 363 g/mol. The molecule has 0 radical (unpaired) electrons. The maximum absolute atomic E-state index is 12.1. The molecule has 2 rings (SSSR count). The molecule has 0 atom stereocenters. The van der Waals surface area contributed by atoms with Crippen LogP contribution in [-0.4, -0.2) is 32.3 Å². The molecule has 0 aromatic heterocycles. The van der Waals surface area contributed by atoms with Gasteiger partial charge in [-0.1, -0.05) is 23.7 Å². The van der Waals surface area contributed by atoms with Crippen LogP contribution in [0.2, 0.25) is 5.02 Å². The molecule has 0 unspecified atom stereocenters. The lowest BCUT2D eigenvalue weighted by Gasteiger charge is -2.11. The lowest BCUT2D eigenvalue weighted by molar-refractivity contribution is -0.114. The first-order valence-electron chi connectivity index (χ1n) is 8.19. The number of anilines is 2. The van der Waals surface area contributed by atoms with Crippen LogP contribution in [0.3, 0.4) is 0 Å². The molecule has 2 N–H and O–H groups in total. The molecule has 0 aliphatic rings. The van der Waals surface area contributed by atoms with Crippen molar-refractivity contribution in [3.63, 3.8) is 0 Å². The summed E-state index contributed by atoms with van der Waals surface area (Å²) in [5.74, 6) is 0.587. The summed E-state index contributed by atoms with van der Waals surface area (Å²) in [7, 11) is 0.